The zero-order valence-electron chi connectivity index (χ0n) is 13.0. The maximum absolute atomic E-state index is 4.78. The minimum Gasteiger partial charge on any atom is -0.356 e. The number of nitrogens with zero attached hydrogens (tertiary/aromatic N) is 4. The summed E-state index contributed by atoms with van der Waals surface area (Å²) in [6.45, 7) is 2.06. The molecule has 0 spiro atoms. The van der Waals surface area contributed by atoms with Crippen LogP contribution in [0.15, 0.2) is 67.0 Å². The van der Waals surface area contributed by atoms with Crippen molar-refractivity contribution >= 4 is 5.82 Å². The van der Waals surface area contributed by atoms with E-state index in [4.69, 9.17) is 5.10 Å². The predicted molar refractivity (Wildman–Crippen MR) is 92.4 cm³/mol. The van der Waals surface area contributed by atoms with Gasteiger partial charge in [-0.25, -0.2) is 4.98 Å². The average Bonchev–Trinajstić information content (AvgIpc) is 3.14. The van der Waals surface area contributed by atoms with Crippen molar-refractivity contribution in [2.75, 3.05) is 18.0 Å². The van der Waals surface area contributed by atoms with E-state index < -0.39 is 0 Å². The van der Waals surface area contributed by atoms with Crippen molar-refractivity contribution < 1.29 is 0 Å². The third-order valence-corrected chi connectivity index (χ3v) is 4.49. The number of anilines is 1. The van der Waals surface area contributed by atoms with E-state index in [0.29, 0.717) is 6.04 Å². The highest BCUT2D eigenvalue weighted by molar-refractivity contribution is 5.58. The first kappa shape index (κ1) is 14.0. The molecule has 1 aliphatic rings. The quantitative estimate of drug-likeness (QED) is 0.738. The number of pyridine rings is 1. The fourth-order valence-electron chi connectivity index (χ4n) is 3.20. The molecule has 116 valence electrons. The molecule has 0 atom stereocenters. The van der Waals surface area contributed by atoms with Crippen LogP contribution in [0.2, 0.25) is 0 Å². The summed E-state index contributed by atoms with van der Waals surface area (Å²) in [5.74, 6) is 1.08. The molecule has 0 radical (unpaired) electrons. The molecule has 3 heterocycles. The van der Waals surface area contributed by atoms with Crippen molar-refractivity contribution in [3.05, 3.63) is 67.0 Å². The Kier molecular flexibility index (Phi) is 3.80. The second kappa shape index (κ2) is 6.24. The molecule has 3 aromatic rings. The molecule has 2 aromatic heterocycles. The van der Waals surface area contributed by atoms with E-state index in [-0.39, 0.29) is 0 Å². The molecule has 1 aliphatic heterocycles. The summed E-state index contributed by atoms with van der Waals surface area (Å²) in [4.78, 5) is 6.81. The summed E-state index contributed by atoms with van der Waals surface area (Å²) < 4.78 is 2.14. The topological polar surface area (TPSA) is 34.0 Å². The van der Waals surface area contributed by atoms with E-state index in [1.807, 2.05) is 24.4 Å². The number of hydrogen-bond acceptors (Lipinski definition) is 3. The second-order valence-corrected chi connectivity index (χ2v) is 5.95. The molecular weight excluding hydrogens is 284 g/mol. The molecular formula is C19H20N4. The van der Waals surface area contributed by atoms with Crippen molar-refractivity contribution in [1.29, 1.82) is 0 Å². The van der Waals surface area contributed by atoms with Crippen LogP contribution in [-0.2, 0) is 0 Å². The van der Waals surface area contributed by atoms with Crippen LogP contribution < -0.4 is 4.90 Å². The normalized spacial score (nSPS) is 15.7. The predicted octanol–water partition coefficient (Wildman–Crippen LogP) is 3.79. The first-order valence-electron chi connectivity index (χ1n) is 8.17. The van der Waals surface area contributed by atoms with Crippen molar-refractivity contribution in [2.24, 2.45) is 0 Å². The lowest BCUT2D eigenvalue weighted by molar-refractivity contribution is 0.366. The Morgan fingerprint density at radius 3 is 2.39 bits per heavy atom. The van der Waals surface area contributed by atoms with Crippen LogP contribution in [0, 0.1) is 0 Å². The van der Waals surface area contributed by atoms with Crippen molar-refractivity contribution in [3.8, 4) is 11.3 Å². The molecule has 4 heteroatoms. The first-order chi connectivity index (χ1) is 11.4. The minimum absolute atomic E-state index is 0.479. The molecule has 0 N–H and O–H groups in total. The molecule has 0 bridgehead atoms. The number of aromatic nitrogens is 3. The van der Waals surface area contributed by atoms with Gasteiger partial charge >= 0.3 is 0 Å². The average molecular weight is 304 g/mol. The standard InChI is InChI=1S/C19H20N4/c1-2-6-16(7-3-1)18-11-15-23(21-18)17-9-13-22(14-10-17)19-8-4-5-12-20-19/h1-8,11-12,15,17H,9-10,13-14H2. The fourth-order valence-corrected chi connectivity index (χ4v) is 3.20. The molecule has 0 aliphatic carbocycles. The molecule has 0 amide bonds. The summed E-state index contributed by atoms with van der Waals surface area (Å²) in [6.07, 6.45) is 6.18. The third-order valence-electron chi connectivity index (χ3n) is 4.49. The Bertz CT molecular complexity index is 743. The van der Waals surface area contributed by atoms with Crippen molar-refractivity contribution in [1.82, 2.24) is 14.8 Å². The van der Waals surface area contributed by atoms with E-state index >= 15 is 0 Å². The fraction of sp³-hybridized carbons (Fsp3) is 0.263. The molecule has 0 saturated carbocycles. The van der Waals surface area contributed by atoms with Gasteiger partial charge in [0.1, 0.15) is 5.82 Å². The van der Waals surface area contributed by atoms with Gasteiger partial charge in [-0.15, -0.1) is 0 Å². The van der Waals surface area contributed by atoms with Crippen LogP contribution in [0.4, 0.5) is 5.82 Å². The Labute approximate surface area is 136 Å². The Morgan fingerprint density at radius 1 is 0.870 bits per heavy atom. The summed E-state index contributed by atoms with van der Waals surface area (Å²) in [5.41, 5.74) is 2.23. The van der Waals surface area contributed by atoms with Gasteiger partial charge in [0.25, 0.3) is 0 Å². The SMILES string of the molecule is c1ccc(-c2ccn(C3CCN(c4ccccn4)CC3)n2)cc1. The lowest BCUT2D eigenvalue weighted by Gasteiger charge is -2.32. The van der Waals surface area contributed by atoms with Gasteiger partial charge in [-0.05, 0) is 31.0 Å². The van der Waals surface area contributed by atoms with E-state index in [1.54, 1.807) is 0 Å². The lowest BCUT2D eigenvalue weighted by Crippen LogP contribution is -2.35. The third kappa shape index (κ3) is 2.97. The summed E-state index contributed by atoms with van der Waals surface area (Å²) in [7, 11) is 0. The molecule has 1 fully saturated rings. The van der Waals surface area contributed by atoms with Crippen LogP contribution in [0.5, 0.6) is 0 Å². The largest absolute Gasteiger partial charge is 0.356 e. The molecule has 0 unspecified atom stereocenters. The number of hydrogen-bond donors (Lipinski definition) is 0. The van der Waals surface area contributed by atoms with Gasteiger partial charge in [0.2, 0.25) is 0 Å². The molecule has 4 rings (SSSR count). The van der Waals surface area contributed by atoms with E-state index in [0.717, 1.165) is 37.4 Å². The van der Waals surface area contributed by atoms with Crippen LogP contribution in [0.3, 0.4) is 0 Å². The zero-order valence-corrected chi connectivity index (χ0v) is 13.0. The summed E-state index contributed by atoms with van der Waals surface area (Å²) in [5, 5.41) is 4.78. The van der Waals surface area contributed by atoms with Gasteiger partial charge in [0, 0.05) is 31.0 Å². The van der Waals surface area contributed by atoms with Crippen LogP contribution in [0.1, 0.15) is 18.9 Å². The van der Waals surface area contributed by atoms with Gasteiger partial charge in [-0.1, -0.05) is 36.4 Å². The molecule has 23 heavy (non-hydrogen) atoms. The van der Waals surface area contributed by atoms with Gasteiger partial charge < -0.3 is 4.90 Å². The van der Waals surface area contributed by atoms with Crippen molar-refractivity contribution in [3.63, 3.8) is 0 Å². The lowest BCUT2D eigenvalue weighted by atomic mass is 10.1. The molecule has 4 nitrogen and oxygen atoms in total. The Balaban J connectivity index is 1.44. The highest BCUT2D eigenvalue weighted by Gasteiger charge is 2.22. The van der Waals surface area contributed by atoms with Gasteiger partial charge in [0.05, 0.1) is 11.7 Å². The van der Waals surface area contributed by atoms with Crippen molar-refractivity contribution in [2.45, 2.75) is 18.9 Å². The highest BCUT2D eigenvalue weighted by Crippen LogP contribution is 2.26. The van der Waals surface area contributed by atoms with Crippen LogP contribution >= 0.6 is 0 Å². The van der Waals surface area contributed by atoms with Gasteiger partial charge in [-0.3, -0.25) is 4.68 Å². The smallest absolute Gasteiger partial charge is 0.128 e. The van der Waals surface area contributed by atoms with E-state index in [9.17, 15) is 0 Å². The zero-order chi connectivity index (χ0) is 15.5. The van der Waals surface area contributed by atoms with Crippen LogP contribution in [0.25, 0.3) is 11.3 Å². The highest BCUT2D eigenvalue weighted by atomic mass is 15.3. The summed E-state index contributed by atoms with van der Waals surface area (Å²) in [6, 6.07) is 19.0. The van der Waals surface area contributed by atoms with E-state index in [1.165, 1.54) is 5.56 Å². The molecule has 1 aromatic carbocycles. The molecule has 1 saturated heterocycles. The number of rotatable bonds is 3. The van der Waals surface area contributed by atoms with Gasteiger partial charge in [-0.2, -0.15) is 5.10 Å². The minimum atomic E-state index is 0.479. The van der Waals surface area contributed by atoms with Crippen LogP contribution in [-0.4, -0.2) is 27.9 Å². The first-order valence-corrected chi connectivity index (χ1v) is 8.17. The van der Waals surface area contributed by atoms with E-state index in [2.05, 4.69) is 57.2 Å². The summed E-state index contributed by atoms with van der Waals surface area (Å²) >= 11 is 0. The maximum atomic E-state index is 4.78. The monoisotopic (exact) mass is 304 g/mol. The Hall–Kier alpha value is -2.62. The number of piperidine rings is 1. The van der Waals surface area contributed by atoms with Gasteiger partial charge in [0.15, 0.2) is 0 Å². The Morgan fingerprint density at radius 2 is 1.65 bits per heavy atom. The second-order valence-electron chi connectivity index (χ2n) is 5.95. The maximum Gasteiger partial charge on any atom is 0.128 e. The number of benzene rings is 1.